The van der Waals surface area contributed by atoms with E-state index in [0.717, 1.165) is 10.6 Å². The molecule has 0 fully saturated rings. The topological polar surface area (TPSA) is 96.6 Å². The van der Waals surface area contributed by atoms with Crippen molar-refractivity contribution in [3.05, 3.63) is 64.5 Å². The summed E-state index contributed by atoms with van der Waals surface area (Å²) in [5, 5.41) is 19.8. The number of nitro benzene ring substituents is 1. The Hall–Kier alpha value is -2.96. The molecule has 21 heavy (non-hydrogen) atoms. The van der Waals surface area contributed by atoms with Crippen LogP contribution in [0.15, 0.2) is 48.7 Å². The number of nitrogens with zero attached hydrogens (tertiary/aromatic N) is 3. The van der Waals surface area contributed by atoms with Crippen LogP contribution < -0.4 is 4.90 Å². The Bertz CT molecular complexity index is 628. The summed E-state index contributed by atoms with van der Waals surface area (Å²) in [6.07, 6.45) is 0.996. The molecule has 0 unspecified atom stereocenters. The first-order valence-electron chi connectivity index (χ1n) is 6.23. The van der Waals surface area contributed by atoms with Crippen LogP contribution in [-0.4, -0.2) is 27.7 Å². The zero-order valence-corrected chi connectivity index (χ0v) is 11.0. The molecule has 0 spiro atoms. The number of carboxylic acid groups (broad SMARTS) is 1. The summed E-state index contributed by atoms with van der Waals surface area (Å²) in [5.41, 5.74) is 1.10. The number of aromatic nitrogens is 1. The quantitative estimate of drug-likeness (QED) is 0.673. The minimum Gasteiger partial charge on any atom is -0.465 e. The summed E-state index contributed by atoms with van der Waals surface area (Å²) < 4.78 is 0. The van der Waals surface area contributed by atoms with Crippen LogP contribution >= 0.6 is 0 Å². The molecule has 1 aromatic heterocycles. The molecule has 1 aromatic carbocycles. The highest BCUT2D eigenvalue weighted by Gasteiger charge is 2.15. The van der Waals surface area contributed by atoms with Gasteiger partial charge in [0.15, 0.2) is 0 Å². The molecule has 0 aliphatic carbocycles. The fourth-order valence-corrected chi connectivity index (χ4v) is 1.86. The summed E-state index contributed by atoms with van der Waals surface area (Å²) in [6.45, 7) is 0.226. The van der Waals surface area contributed by atoms with Crippen molar-refractivity contribution in [3.8, 4) is 0 Å². The second-order valence-electron chi connectivity index (χ2n) is 4.28. The Morgan fingerprint density at radius 3 is 2.48 bits per heavy atom. The first-order chi connectivity index (χ1) is 10.1. The Morgan fingerprint density at radius 2 is 1.95 bits per heavy atom. The molecular weight excluding hydrogens is 274 g/mol. The fourth-order valence-electron chi connectivity index (χ4n) is 1.86. The monoisotopic (exact) mass is 287 g/mol. The van der Waals surface area contributed by atoms with Crippen molar-refractivity contribution >= 4 is 17.5 Å². The van der Waals surface area contributed by atoms with Gasteiger partial charge in [0.2, 0.25) is 0 Å². The van der Waals surface area contributed by atoms with E-state index in [2.05, 4.69) is 4.98 Å². The third-order valence-corrected chi connectivity index (χ3v) is 2.92. The van der Waals surface area contributed by atoms with Crippen LogP contribution in [0, 0.1) is 10.1 Å². The van der Waals surface area contributed by atoms with E-state index in [1.165, 1.54) is 24.3 Å². The van der Waals surface area contributed by atoms with E-state index in [0.29, 0.717) is 12.1 Å². The van der Waals surface area contributed by atoms with Crippen LogP contribution in [0.25, 0.3) is 0 Å². The second-order valence-corrected chi connectivity index (χ2v) is 4.28. The highest BCUT2D eigenvalue weighted by Crippen LogP contribution is 2.19. The largest absolute Gasteiger partial charge is 0.465 e. The number of nitro groups is 1. The van der Waals surface area contributed by atoms with Crippen molar-refractivity contribution in [1.82, 2.24) is 4.98 Å². The Balaban J connectivity index is 2.11. The molecule has 1 amide bonds. The van der Waals surface area contributed by atoms with E-state index >= 15 is 0 Å². The number of hydrogen-bond donors (Lipinski definition) is 1. The van der Waals surface area contributed by atoms with E-state index in [9.17, 15) is 20.0 Å². The fraction of sp³-hybridized carbons (Fsp3) is 0.143. The van der Waals surface area contributed by atoms with Crippen LogP contribution in [0.1, 0.15) is 5.69 Å². The van der Waals surface area contributed by atoms with Gasteiger partial charge in [-0.25, -0.2) is 4.79 Å². The molecule has 0 aliphatic rings. The molecule has 0 saturated carbocycles. The van der Waals surface area contributed by atoms with Crippen LogP contribution in [0.3, 0.4) is 0 Å². The van der Waals surface area contributed by atoms with Crippen molar-refractivity contribution in [3.63, 3.8) is 0 Å². The summed E-state index contributed by atoms with van der Waals surface area (Å²) in [4.78, 5) is 26.7. The highest BCUT2D eigenvalue weighted by molar-refractivity contribution is 5.86. The van der Waals surface area contributed by atoms with Gasteiger partial charge in [-0.05, 0) is 24.3 Å². The molecule has 0 bridgehead atoms. The number of rotatable bonds is 5. The minimum absolute atomic E-state index is 0.0752. The lowest BCUT2D eigenvalue weighted by Crippen LogP contribution is -2.31. The lowest BCUT2D eigenvalue weighted by atomic mass is 10.2. The van der Waals surface area contributed by atoms with E-state index in [4.69, 9.17) is 0 Å². The van der Waals surface area contributed by atoms with E-state index in [1.54, 1.807) is 12.3 Å². The maximum Gasteiger partial charge on any atom is 0.411 e. The van der Waals surface area contributed by atoms with Gasteiger partial charge in [-0.1, -0.05) is 6.07 Å². The molecule has 0 aliphatic heterocycles. The lowest BCUT2D eigenvalue weighted by molar-refractivity contribution is -0.384. The molecule has 108 valence electrons. The second kappa shape index (κ2) is 6.47. The van der Waals surface area contributed by atoms with Gasteiger partial charge in [-0.2, -0.15) is 0 Å². The maximum absolute atomic E-state index is 11.3. The molecule has 0 radical (unpaired) electrons. The van der Waals surface area contributed by atoms with E-state index in [-0.39, 0.29) is 12.2 Å². The Morgan fingerprint density at radius 1 is 1.24 bits per heavy atom. The van der Waals surface area contributed by atoms with Crippen molar-refractivity contribution in [2.45, 2.75) is 6.42 Å². The normalized spacial score (nSPS) is 10.1. The number of anilines is 1. The maximum atomic E-state index is 11.3. The highest BCUT2D eigenvalue weighted by atomic mass is 16.6. The molecule has 1 N–H and O–H groups in total. The average Bonchev–Trinajstić information content (AvgIpc) is 2.48. The molecular formula is C14H13N3O4. The average molecular weight is 287 g/mol. The van der Waals surface area contributed by atoms with Crippen molar-refractivity contribution < 1.29 is 14.8 Å². The van der Waals surface area contributed by atoms with Crippen molar-refractivity contribution in [2.75, 3.05) is 11.4 Å². The summed E-state index contributed by atoms with van der Waals surface area (Å²) in [6, 6.07) is 10.8. The van der Waals surface area contributed by atoms with Gasteiger partial charge in [0.25, 0.3) is 5.69 Å². The summed E-state index contributed by atoms with van der Waals surface area (Å²) >= 11 is 0. The van der Waals surface area contributed by atoms with Crippen LogP contribution in [0.4, 0.5) is 16.2 Å². The molecule has 7 nitrogen and oxygen atoms in total. The van der Waals surface area contributed by atoms with Crippen LogP contribution in [-0.2, 0) is 6.42 Å². The summed E-state index contributed by atoms with van der Waals surface area (Å²) in [5.74, 6) is 0. The zero-order chi connectivity index (χ0) is 15.2. The predicted molar refractivity (Wildman–Crippen MR) is 76.4 cm³/mol. The van der Waals surface area contributed by atoms with Gasteiger partial charge in [0, 0.05) is 42.7 Å². The van der Waals surface area contributed by atoms with Gasteiger partial charge in [-0.3, -0.25) is 20.0 Å². The number of carbonyl (C=O) groups is 1. The van der Waals surface area contributed by atoms with Crippen LogP contribution in [0.5, 0.6) is 0 Å². The number of non-ortho nitro benzene ring substituents is 1. The van der Waals surface area contributed by atoms with Gasteiger partial charge >= 0.3 is 6.09 Å². The molecule has 7 heteroatoms. The molecule has 1 heterocycles. The van der Waals surface area contributed by atoms with Crippen molar-refractivity contribution in [2.24, 2.45) is 0 Å². The summed E-state index contributed by atoms with van der Waals surface area (Å²) in [7, 11) is 0. The molecule has 2 rings (SSSR count). The van der Waals surface area contributed by atoms with Crippen LogP contribution in [0.2, 0.25) is 0 Å². The van der Waals surface area contributed by atoms with E-state index < -0.39 is 11.0 Å². The molecule has 0 saturated heterocycles. The van der Waals surface area contributed by atoms with Gasteiger partial charge in [0.05, 0.1) is 4.92 Å². The molecule has 2 aromatic rings. The van der Waals surface area contributed by atoms with Gasteiger partial charge < -0.3 is 5.11 Å². The Labute approximate surface area is 120 Å². The number of benzene rings is 1. The van der Waals surface area contributed by atoms with Gasteiger partial charge in [0.1, 0.15) is 0 Å². The number of amides is 1. The standard InChI is InChI=1S/C14H13N3O4/c18-14(19)16(10-8-11-3-1-2-9-15-11)12-4-6-13(7-5-12)17(20)21/h1-7,9H,8,10H2,(H,18,19). The van der Waals surface area contributed by atoms with Gasteiger partial charge in [-0.15, -0.1) is 0 Å². The predicted octanol–water partition coefficient (Wildman–Crippen LogP) is 2.72. The first-order valence-corrected chi connectivity index (χ1v) is 6.23. The Kier molecular flexibility index (Phi) is 4.45. The number of pyridine rings is 1. The lowest BCUT2D eigenvalue weighted by Gasteiger charge is -2.18. The smallest absolute Gasteiger partial charge is 0.411 e. The SMILES string of the molecule is O=C(O)N(CCc1ccccn1)c1ccc([N+](=O)[O-])cc1. The van der Waals surface area contributed by atoms with E-state index in [1.807, 2.05) is 12.1 Å². The molecule has 0 atom stereocenters. The zero-order valence-electron chi connectivity index (χ0n) is 11.0. The first kappa shape index (κ1) is 14.4. The number of hydrogen-bond acceptors (Lipinski definition) is 4. The van der Waals surface area contributed by atoms with Crippen molar-refractivity contribution in [1.29, 1.82) is 0 Å². The third kappa shape index (κ3) is 3.75. The minimum atomic E-state index is -1.11. The third-order valence-electron chi connectivity index (χ3n) is 2.92.